The van der Waals surface area contributed by atoms with Gasteiger partial charge >= 0.3 is 0 Å². The summed E-state index contributed by atoms with van der Waals surface area (Å²) in [5.74, 6) is 1.99. The van der Waals surface area contributed by atoms with Crippen LogP contribution in [-0.2, 0) is 21.3 Å². The summed E-state index contributed by atoms with van der Waals surface area (Å²) < 4.78 is 30.0. The van der Waals surface area contributed by atoms with E-state index in [0.717, 1.165) is 23.8 Å². The maximum atomic E-state index is 6.78. The minimum absolute atomic E-state index is 0.00495. The molecule has 4 atom stereocenters. The number of hydrogen-bond donors (Lipinski definition) is 0. The third-order valence-corrected chi connectivity index (χ3v) is 11.5. The van der Waals surface area contributed by atoms with Crippen molar-refractivity contribution in [2.24, 2.45) is 5.92 Å². The van der Waals surface area contributed by atoms with Gasteiger partial charge in [0.15, 0.2) is 17.6 Å². The number of fused-ring (bicyclic) bond motifs is 1. The number of ether oxygens (including phenoxy) is 4. The Balaban J connectivity index is 1.68. The number of hydrogen-bond acceptors (Lipinski definition) is 4. The number of rotatable bonds is 2. The first-order valence-corrected chi connectivity index (χ1v) is 12.4. The molecule has 0 radical (unpaired) electrons. The van der Waals surface area contributed by atoms with Crippen LogP contribution in [0.4, 0.5) is 0 Å². The molecule has 0 unspecified atom stereocenters. The van der Waals surface area contributed by atoms with E-state index in [0.29, 0.717) is 16.6 Å². The number of halogens is 1. The second kappa shape index (κ2) is 5.23. The van der Waals surface area contributed by atoms with Crippen molar-refractivity contribution < 1.29 is 18.9 Å². The SMILES string of the molecule is C=I[C@@]12CCC3(OCCO3)[C@@H]3Oc4c(OC)ccc5c4[C@@]31CCC[C@@H]2C5. The van der Waals surface area contributed by atoms with Crippen molar-refractivity contribution >= 4 is 25.2 Å². The van der Waals surface area contributed by atoms with E-state index < -0.39 is 5.79 Å². The molecular weight excluding hydrogens is 443 g/mol. The maximum Gasteiger partial charge on any atom is 0.207 e. The van der Waals surface area contributed by atoms with E-state index in [-0.39, 0.29) is 32.2 Å². The quantitative estimate of drug-likeness (QED) is 0.490. The van der Waals surface area contributed by atoms with E-state index in [4.69, 9.17) is 18.9 Å². The van der Waals surface area contributed by atoms with E-state index in [1.807, 2.05) is 0 Å². The Morgan fingerprint density at radius 2 is 2.04 bits per heavy atom. The Kier molecular flexibility index (Phi) is 3.28. The summed E-state index contributed by atoms with van der Waals surface area (Å²) >= 11 is -0.189. The lowest BCUT2D eigenvalue weighted by atomic mass is 9.47. The lowest BCUT2D eigenvalue weighted by Gasteiger charge is -2.64. The van der Waals surface area contributed by atoms with E-state index in [1.54, 1.807) is 7.11 Å². The van der Waals surface area contributed by atoms with Gasteiger partial charge in [0.05, 0.1) is 25.7 Å². The van der Waals surface area contributed by atoms with Crippen LogP contribution in [0, 0.1) is 5.92 Å². The summed E-state index contributed by atoms with van der Waals surface area (Å²) in [4.78, 5) is 0. The first-order valence-electron chi connectivity index (χ1n) is 9.75. The molecule has 26 heavy (non-hydrogen) atoms. The van der Waals surface area contributed by atoms with Crippen molar-refractivity contribution in [3.8, 4) is 11.5 Å². The average Bonchev–Trinajstić information content (AvgIpc) is 3.26. The van der Waals surface area contributed by atoms with Crippen molar-refractivity contribution in [3.05, 3.63) is 23.3 Å². The fraction of sp³-hybridized carbons (Fsp3) is 0.667. The zero-order valence-electron chi connectivity index (χ0n) is 15.2. The minimum Gasteiger partial charge on any atom is -0.493 e. The van der Waals surface area contributed by atoms with Crippen molar-refractivity contribution in [2.45, 2.75) is 59.3 Å². The Bertz CT molecular complexity index is 801. The van der Waals surface area contributed by atoms with Crippen LogP contribution in [-0.4, -0.2) is 40.2 Å². The normalized spacial score (nSPS) is 41.0. The maximum absolute atomic E-state index is 6.78. The van der Waals surface area contributed by atoms with Gasteiger partial charge in [-0.15, -0.1) is 20.7 Å². The van der Waals surface area contributed by atoms with Gasteiger partial charge in [0.25, 0.3) is 0 Å². The third kappa shape index (κ3) is 1.60. The monoisotopic (exact) mass is 468 g/mol. The van der Waals surface area contributed by atoms with Crippen molar-refractivity contribution in [3.63, 3.8) is 0 Å². The molecule has 6 rings (SSSR count). The van der Waals surface area contributed by atoms with Gasteiger partial charge in [-0.3, -0.25) is 0 Å². The van der Waals surface area contributed by atoms with Crippen LogP contribution in [0.3, 0.4) is 0 Å². The Hall–Kier alpha value is -0.660. The molecule has 140 valence electrons. The van der Waals surface area contributed by atoms with E-state index >= 15 is 0 Å². The van der Waals surface area contributed by atoms with Crippen LogP contribution >= 0.6 is 20.7 Å². The Morgan fingerprint density at radius 1 is 1.19 bits per heavy atom. The highest BCUT2D eigenvalue weighted by Crippen LogP contribution is 2.73. The topological polar surface area (TPSA) is 36.9 Å². The molecule has 3 aliphatic carbocycles. The smallest absolute Gasteiger partial charge is 0.207 e. The summed E-state index contributed by atoms with van der Waals surface area (Å²) in [5, 5.41) is 0. The molecule has 5 aliphatic rings. The van der Waals surface area contributed by atoms with Crippen LogP contribution in [0.15, 0.2) is 12.1 Å². The van der Waals surface area contributed by atoms with Crippen LogP contribution < -0.4 is 9.47 Å². The molecule has 1 aromatic rings. The molecule has 1 saturated heterocycles. The molecule has 2 aliphatic heterocycles. The van der Waals surface area contributed by atoms with E-state index in [9.17, 15) is 0 Å². The van der Waals surface area contributed by atoms with Crippen molar-refractivity contribution in [1.29, 1.82) is 0 Å². The fourth-order valence-electron chi connectivity index (χ4n) is 6.97. The molecular formula is C21H25IO4. The van der Waals surface area contributed by atoms with Crippen LogP contribution in [0.1, 0.15) is 43.2 Å². The van der Waals surface area contributed by atoms with Gasteiger partial charge < -0.3 is 18.9 Å². The molecule has 0 amide bonds. The molecule has 0 N–H and O–H groups in total. The summed E-state index contributed by atoms with van der Waals surface area (Å²) in [6.07, 6.45) is 7.00. The largest absolute Gasteiger partial charge is 0.493 e. The second-order valence-electron chi connectivity index (χ2n) is 8.40. The molecule has 4 nitrogen and oxygen atoms in total. The van der Waals surface area contributed by atoms with Crippen molar-refractivity contribution in [1.82, 2.24) is 0 Å². The highest BCUT2D eigenvalue weighted by atomic mass is 127. The second-order valence-corrected chi connectivity index (χ2v) is 11.1. The van der Waals surface area contributed by atoms with E-state index in [2.05, 4.69) is 16.6 Å². The average molecular weight is 468 g/mol. The minimum atomic E-state index is -0.580. The van der Waals surface area contributed by atoms with Gasteiger partial charge in [0, 0.05) is 15.4 Å². The first kappa shape index (κ1) is 16.3. The van der Waals surface area contributed by atoms with Gasteiger partial charge in [-0.2, -0.15) is 0 Å². The summed E-state index contributed by atoms with van der Waals surface area (Å²) in [6.45, 7) is 1.35. The first-order chi connectivity index (χ1) is 12.7. The zero-order chi connectivity index (χ0) is 17.6. The standard InChI is InChI=1S/C21H25IO4/c1-22-20-8-9-21(24-10-11-25-21)18-19(20)7-3-4-14(20)12-13-5-6-15(23-2)17(26-18)16(13)19/h5-6,14,18H,1,3-4,7-12H2,2H3/t14-,18-,19+,20-/m1/s1. The molecule has 2 bridgehead atoms. The van der Waals surface area contributed by atoms with Crippen LogP contribution in [0.5, 0.6) is 11.5 Å². The van der Waals surface area contributed by atoms with Gasteiger partial charge in [0.2, 0.25) is 5.79 Å². The van der Waals surface area contributed by atoms with Gasteiger partial charge in [0.1, 0.15) is 0 Å². The lowest BCUT2D eigenvalue weighted by Crippen LogP contribution is -2.72. The van der Waals surface area contributed by atoms with E-state index in [1.165, 1.54) is 43.2 Å². The summed E-state index contributed by atoms with van der Waals surface area (Å²) in [6, 6.07) is 4.37. The lowest BCUT2D eigenvalue weighted by molar-refractivity contribution is -0.252. The van der Waals surface area contributed by atoms with Gasteiger partial charge in [-0.05, 0) is 43.2 Å². The predicted octanol–water partition coefficient (Wildman–Crippen LogP) is 3.73. The highest BCUT2D eigenvalue weighted by Gasteiger charge is 2.75. The summed E-state index contributed by atoms with van der Waals surface area (Å²) in [7, 11) is 1.74. The number of methoxy groups -OCH3 is 1. The van der Waals surface area contributed by atoms with Crippen LogP contribution in [0.25, 0.3) is 0 Å². The molecule has 3 fully saturated rings. The molecule has 2 saturated carbocycles. The van der Waals surface area contributed by atoms with Crippen LogP contribution in [0.2, 0.25) is 0 Å². The Labute approximate surface area is 164 Å². The fourth-order valence-corrected chi connectivity index (χ4v) is 10.3. The summed E-state index contributed by atoms with van der Waals surface area (Å²) in [5.41, 5.74) is 2.90. The Morgan fingerprint density at radius 3 is 2.81 bits per heavy atom. The molecule has 1 aromatic carbocycles. The van der Waals surface area contributed by atoms with Gasteiger partial charge in [-0.1, -0.05) is 17.0 Å². The number of alkyl halides is 1. The highest BCUT2D eigenvalue weighted by molar-refractivity contribution is 14.2. The zero-order valence-corrected chi connectivity index (χ0v) is 17.3. The molecule has 2 heterocycles. The number of benzene rings is 1. The molecule has 5 heteroatoms. The molecule has 2 spiro atoms. The van der Waals surface area contributed by atoms with Gasteiger partial charge in [-0.25, -0.2) is 0 Å². The van der Waals surface area contributed by atoms with Crippen molar-refractivity contribution in [2.75, 3.05) is 20.3 Å². The molecule has 0 aromatic heterocycles. The third-order valence-electron chi connectivity index (χ3n) is 7.79. The predicted molar refractivity (Wildman–Crippen MR) is 108 cm³/mol.